The normalized spacial score (nSPS) is 26.1. The number of unbranched alkanes of at least 4 members (excludes halogenated alkanes) is 1. The smallest absolute Gasteiger partial charge is 0.242 e. The fourth-order valence-corrected chi connectivity index (χ4v) is 2.63. The summed E-state index contributed by atoms with van der Waals surface area (Å²) >= 11 is 0. The summed E-state index contributed by atoms with van der Waals surface area (Å²) in [7, 11) is 1.83. The van der Waals surface area contributed by atoms with Gasteiger partial charge in [0, 0.05) is 20.1 Å². The van der Waals surface area contributed by atoms with Crippen molar-refractivity contribution in [1.29, 1.82) is 0 Å². The maximum atomic E-state index is 12.2. The van der Waals surface area contributed by atoms with Gasteiger partial charge in [-0.05, 0) is 18.4 Å². The van der Waals surface area contributed by atoms with Crippen LogP contribution in [0.2, 0.25) is 0 Å². The highest BCUT2D eigenvalue weighted by atomic mass is 16.3. The fourth-order valence-electron chi connectivity index (χ4n) is 2.63. The zero-order valence-corrected chi connectivity index (χ0v) is 11.6. The zero-order valence-electron chi connectivity index (χ0n) is 11.6. The van der Waals surface area contributed by atoms with Crippen molar-refractivity contribution in [3.8, 4) is 0 Å². The molecular weight excluding hydrogens is 216 g/mol. The predicted molar refractivity (Wildman–Crippen MR) is 68.8 cm³/mol. The average molecular weight is 242 g/mol. The molecular formula is C13H26N2O2. The summed E-state index contributed by atoms with van der Waals surface area (Å²) in [6.45, 7) is 8.93. The van der Waals surface area contributed by atoms with Gasteiger partial charge in [0.2, 0.25) is 5.91 Å². The van der Waals surface area contributed by atoms with Gasteiger partial charge in [0.15, 0.2) is 0 Å². The highest BCUT2D eigenvalue weighted by Gasteiger charge is 2.37. The molecule has 0 spiro atoms. The number of hydrogen-bond donors (Lipinski definition) is 1. The van der Waals surface area contributed by atoms with E-state index in [1.54, 1.807) is 4.90 Å². The van der Waals surface area contributed by atoms with E-state index in [2.05, 4.69) is 25.7 Å². The monoisotopic (exact) mass is 242 g/mol. The van der Waals surface area contributed by atoms with Crippen LogP contribution in [0.4, 0.5) is 0 Å². The quantitative estimate of drug-likeness (QED) is 0.798. The Morgan fingerprint density at radius 3 is 2.59 bits per heavy atom. The van der Waals surface area contributed by atoms with E-state index in [1.807, 2.05) is 7.05 Å². The second-order valence-electron chi connectivity index (χ2n) is 5.88. The second kappa shape index (κ2) is 5.83. The number of amides is 1. The summed E-state index contributed by atoms with van der Waals surface area (Å²) in [5.41, 5.74) is 0.0854. The highest BCUT2D eigenvalue weighted by Crippen LogP contribution is 2.24. The molecule has 1 heterocycles. The van der Waals surface area contributed by atoms with E-state index in [1.165, 1.54) is 0 Å². The molecule has 17 heavy (non-hydrogen) atoms. The molecule has 1 atom stereocenters. The number of aliphatic hydroxyl groups is 1. The van der Waals surface area contributed by atoms with Crippen LogP contribution in [0.3, 0.4) is 0 Å². The van der Waals surface area contributed by atoms with Gasteiger partial charge < -0.3 is 10.0 Å². The third-order valence-electron chi connectivity index (χ3n) is 3.37. The van der Waals surface area contributed by atoms with Gasteiger partial charge in [0.05, 0.1) is 6.61 Å². The molecule has 0 saturated carbocycles. The maximum Gasteiger partial charge on any atom is 0.242 e. The Hall–Kier alpha value is -0.610. The summed E-state index contributed by atoms with van der Waals surface area (Å²) in [6.07, 6.45) is 2.18. The fraction of sp³-hybridized carbons (Fsp3) is 0.923. The molecule has 1 saturated heterocycles. The number of carbonyl (C=O) groups excluding carboxylic acids is 1. The van der Waals surface area contributed by atoms with Crippen LogP contribution < -0.4 is 0 Å². The van der Waals surface area contributed by atoms with Crippen molar-refractivity contribution < 1.29 is 9.90 Å². The average Bonchev–Trinajstić information content (AvgIpc) is 2.32. The van der Waals surface area contributed by atoms with Gasteiger partial charge in [-0.25, -0.2) is 0 Å². The molecule has 4 nitrogen and oxygen atoms in total. The number of carbonyl (C=O) groups is 1. The molecule has 1 unspecified atom stereocenters. The Morgan fingerprint density at radius 1 is 1.41 bits per heavy atom. The number of rotatable bonds is 4. The first kappa shape index (κ1) is 14.5. The third-order valence-corrected chi connectivity index (χ3v) is 3.37. The Balaban J connectivity index is 2.85. The van der Waals surface area contributed by atoms with E-state index in [-0.39, 0.29) is 24.0 Å². The van der Waals surface area contributed by atoms with Gasteiger partial charge in [0.1, 0.15) is 6.04 Å². The minimum absolute atomic E-state index is 0.0502. The lowest BCUT2D eigenvalue weighted by molar-refractivity contribution is -0.135. The van der Waals surface area contributed by atoms with E-state index in [0.717, 1.165) is 32.5 Å². The second-order valence-corrected chi connectivity index (χ2v) is 5.88. The first-order chi connectivity index (χ1) is 7.91. The first-order valence-corrected chi connectivity index (χ1v) is 6.51. The largest absolute Gasteiger partial charge is 0.394 e. The van der Waals surface area contributed by atoms with Crippen molar-refractivity contribution in [3.63, 3.8) is 0 Å². The van der Waals surface area contributed by atoms with Crippen LogP contribution in [0.15, 0.2) is 0 Å². The molecule has 0 aromatic heterocycles. The zero-order chi connectivity index (χ0) is 13.1. The summed E-state index contributed by atoms with van der Waals surface area (Å²) in [5.74, 6) is 0.0502. The lowest BCUT2D eigenvalue weighted by Crippen LogP contribution is -2.47. The van der Waals surface area contributed by atoms with Crippen molar-refractivity contribution in [2.75, 3.05) is 33.3 Å². The molecule has 1 fully saturated rings. The lowest BCUT2D eigenvalue weighted by Gasteiger charge is -2.31. The summed E-state index contributed by atoms with van der Waals surface area (Å²) in [6, 6.07) is -0.353. The topological polar surface area (TPSA) is 43.8 Å². The van der Waals surface area contributed by atoms with Gasteiger partial charge >= 0.3 is 0 Å². The SMILES string of the molecule is CCCCN1CC(C)(C)CN(C)C(=O)C1CO. The van der Waals surface area contributed by atoms with Crippen LogP contribution in [-0.2, 0) is 4.79 Å². The Labute approximate surface area is 105 Å². The number of nitrogens with zero attached hydrogens (tertiary/aromatic N) is 2. The molecule has 0 aliphatic carbocycles. The summed E-state index contributed by atoms with van der Waals surface area (Å²) in [4.78, 5) is 16.1. The van der Waals surface area contributed by atoms with Gasteiger partial charge in [-0.1, -0.05) is 27.2 Å². The predicted octanol–water partition coefficient (Wildman–Crippen LogP) is 0.948. The standard InChI is InChI=1S/C13H26N2O2/c1-5-6-7-15-10-13(2,3)9-14(4)12(17)11(15)8-16/h11,16H,5-10H2,1-4H3. The molecule has 1 aliphatic rings. The van der Waals surface area contributed by atoms with Crippen LogP contribution in [0.25, 0.3) is 0 Å². The van der Waals surface area contributed by atoms with Gasteiger partial charge in [-0.2, -0.15) is 0 Å². The van der Waals surface area contributed by atoms with Crippen LogP contribution in [-0.4, -0.2) is 60.1 Å². The number of hydrogen-bond acceptors (Lipinski definition) is 3. The molecule has 1 aliphatic heterocycles. The summed E-state index contributed by atoms with van der Waals surface area (Å²) in [5, 5.41) is 9.46. The van der Waals surface area contributed by atoms with Crippen LogP contribution >= 0.6 is 0 Å². The summed E-state index contributed by atoms with van der Waals surface area (Å²) < 4.78 is 0. The van der Waals surface area contributed by atoms with Crippen LogP contribution in [0.5, 0.6) is 0 Å². The van der Waals surface area contributed by atoms with Crippen molar-refractivity contribution >= 4 is 5.91 Å². The van der Waals surface area contributed by atoms with E-state index in [9.17, 15) is 9.90 Å². The minimum Gasteiger partial charge on any atom is -0.394 e. The van der Waals surface area contributed by atoms with E-state index >= 15 is 0 Å². The van der Waals surface area contributed by atoms with Crippen LogP contribution in [0.1, 0.15) is 33.6 Å². The lowest BCUT2D eigenvalue weighted by atomic mass is 9.92. The highest BCUT2D eigenvalue weighted by molar-refractivity contribution is 5.82. The molecule has 1 amide bonds. The Bertz CT molecular complexity index is 266. The van der Waals surface area contributed by atoms with E-state index in [4.69, 9.17) is 0 Å². The third kappa shape index (κ3) is 3.68. The van der Waals surface area contributed by atoms with Gasteiger partial charge in [-0.3, -0.25) is 9.69 Å². The maximum absolute atomic E-state index is 12.2. The Kier molecular flexibility index (Phi) is 4.95. The van der Waals surface area contributed by atoms with Crippen molar-refractivity contribution in [2.24, 2.45) is 5.41 Å². The Morgan fingerprint density at radius 2 is 2.06 bits per heavy atom. The molecule has 0 aromatic carbocycles. The molecule has 1 N–H and O–H groups in total. The molecule has 0 radical (unpaired) electrons. The molecule has 0 bridgehead atoms. The molecule has 1 rings (SSSR count). The number of aliphatic hydroxyl groups excluding tert-OH is 1. The van der Waals surface area contributed by atoms with Crippen molar-refractivity contribution in [2.45, 2.75) is 39.7 Å². The van der Waals surface area contributed by atoms with E-state index < -0.39 is 0 Å². The van der Waals surface area contributed by atoms with E-state index in [0.29, 0.717) is 0 Å². The molecule has 100 valence electrons. The van der Waals surface area contributed by atoms with Crippen LogP contribution in [0, 0.1) is 5.41 Å². The molecule has 0 aromatic rings. The minimum atomic E-state index is -0.353. The van der Waals surface area contributed by atoms with Crippen molar-refractivity contribution in [3.05, 3.63) is 0 Å². The molecule has 4 heteroatoms. The number of likely N-dealkylation sites (N-methyl/N-ethyl adjacent to an activating group) is 1. The van der Waals surface area contributed by atoms with Gasteiger partial charge in [0.25, 0.3) is 0 Å². The van der Waals surface area contributed by atoms with Crippen molar-refractivity contribution in [1.82, 2.24) is 9.80 Å². The first-order valence-electron chi connectivity index (χ1n) is 6.51. The van der Waals surface area contributed by atoms with Gasteiger partial charge in [-0.15, -0.1) is 0 Å².